The molecule has 0 fully saturated rings. The van der Waals surface area contributed by atoms with E-state index in [2.05, 4.69) is 23.8 Å². The van der Waals surface area contributed by atoms with Gasteiger partial charge in [0.2, 0.25) is 0 Å². The third-order valence-corrected chi connectivity index (χ3v) is 3.74. The fourth-order valence-corrected chi connectivity index (χ4v) is 2.68. The molecule has 0 aliphatic rings. The lowest BCUT2D eigenvalue weighted by Gasteiger charge is -2.09. The van der Waals surface area contributed by atoms with E-state index in [-0.39, 0.29) is 0 Å². The zero-order valence-electron chi connectivity index (χ0n) is 12.0. The van der Waals surface area contributed by atoms with Crippen molar-refractivity contribution in [1.29, 1.82) is 0 Å². The normalized spacial score (nSPS) is 11.4. The Morgan fingerprint density at radius 2 is 2.05 bits per heavy atom. The van der Waals surface area contributed by atoms with Gasteiger partial charge in [0, 0.05) is 23.7 Å². The second-order valence-corrected chi connectivity index (χ2v) is 5.93. The molecule has 21 heavy (non-hydrogen) atoms. The average molecular weight is 301 g/mol. The fourth-order valence-electron chi connectivity index (χ4n) is 2.47. The molecule has 0 spiro atoms. The van der Waals surface area contributed by atoms with Gasteiger partial charge < -0.3 is 10.3 Å². The summed E-state index contributed by atoms with van der Waals surface area (Å²) in [4.78, 5) is 8.91. The van der Waals surface area contributed by atoms with Gasteiger partial charge in [0.25, 0.3) is 0 Å². The van der Waals surface area contributed by atoms with E-state index in [1.54, 1.807) is 12.5 Å². The molecule has 0 saturated carbocycles. The standard InChI is InChI=1S/C16H17ClN4/c1-10(2)8-21-9-20-15(16(21)18)12-5-6-13(17)11-4-3-7-19-14(11)12/h3-7,9-10H,8,18H2,1-2H3. The van der Waals surface area contributed by atoms with Gasteiger partial charge in [0.1, 0.15) is 11.5 Å². The lowest BCUT2D eigenvalue weighted by Crippen LogP contribution is -2.06. The number of benzene rings is 1. The van der Waals surface area contributed by atoms with Crippen LogP contribution in [0, 0.1) is 5.92 Å². The highest BCUT2D eigenvalue weighted by Gasteiger charge is 2.15. The van der Waals surface area contributed by atoms with Crippen LogP contribution in [-0.4, -0.2) is 14.5 Å². The molecule has 0 amide bonds. The second-order valence-electron chi connectivity index (χ2n) is 5.52. The first-order chi connectivity index (χ1) is 10.1. The number of pyridine rings is 1. The van der Waals surface area contributed by atoms with E-state index in [4.69, 9.17) is 17.3 Å². The van der Waals surface area contributed by atoms with E-state index in [0.29, 0.717) is 16.8 Å². The van der Waals surface area contributed by atoms with Gasteiger partial charge in [-0.15, -0.1) is 0 Å². The summed E-state index contributed by atoms with van der Waals surface area (Å²) < 4.78 is 1.98. The first-order valence-corrected chi connectivity index (χ1v) is 7.30. The number of nitrogens with two attached hydrogens (primary N) is 1. The minimum absolute atomic E-state index is 0.509. The maximum absolute atomic E-state index is 6.25. The number of hydrogen-bond donors (Lipinski definition) is 1. The van der Waals surface area contributed by atoms with Crippen molar-refractivity contribution in [3.05, 3.63) is 41.8 Å². The summed E-state index contributed by atoms with van der Waals surface area (Å²) in [6, 6.07) is 7.62. The van der Waals surface area contributed by atoms with Crippen LogP contribution in [-0.2, 0) is 6.54 Å². The minimum atomic E-state index is 0.509. The molecule has 3 aromatic rings. The summed E-state index contributed by atoms with van der Waals surface area (Å²) in [5.41, 5.74) is 8.75. The Morgan fingerprint density at radius 3 is 2.81 bits per heavy atom. The zero-order chi connectivity index (χ0) is 15.0. The third kappa shape index (κ3) is 2.47. The maximum atomic E-state index is 6.25. The van der Waals surface area contributed by atoms with Gasteiger partial charge in [-0.1, -0.05) is 25.4 Å². The Bertz CT molecular complexity index is 792. The Balaban J connectivity index is 2.18. The molecule has 0 radical (unpaired) electrons. The number of nitrogens with zero attached hydrogens (tertiary/aromatic N) is 3. The van der Waals surface area contributed by atoms with Crippen LogP contribution >= 0.6 is 11.6 Å². The van der Waals surface area contributed by atoms with Gasteiger partial charge in [0.15, 0.2) is 0 Å². The molecule has 2 N–H and O–H groups in total. The smallest absolute Gasteiger partial charge is 0.131 e. The first-order valence-electron chi connectivity index (χ1n) is 6.92. The SMILES string of the molecule is CC(C)Cn1cnc(-c2ccc(Cl)c3cccnc23)c1N. The van der Waals surface area contributed by atoms with Crippen molar-refractivity contribution in [2.45, 2.75) is 20.4 Å². The number of aromatic nitrogens is 3. The summed E-state index contributed by atoms with van der Waals surface area (Å²) in [6.07, 6.45) is 3.54. The van der Waals surface area contributed by atoms with E-state index in [1.165, 1.54) is 0 Å². The maximum Gasteiger partial charge on any atom is 0.131 e. The predicted octanol–water partition coefficient (Wildman–Crippen LogP) is 3.99. The lowest BCUT2D eigenvalue weighted by molar-refractivity contribution is 0.527. The molecule has 1 aromatic carbocycles. The van der Waals surface area contributed by atoms with Gasteiger partial charge >= 0.3 is 0 Å². The first kappa shape index (κ1) is 13.9. The van der Waals surface area contributed by atoms with Gasteiger partial charge in [-0.05, 0) is 30.2 Å². The van der Waals surface area contributed by atoms with E-state index in [1.807, 2.05) is 28.8 Å². The van der Waals surface area contributed by atoms with Crippen LogP contribution in [0.25, 0.3) is 22.2 Å². The van der Waals surface area contributed by atoms with Crippen LogP contribution in [0.4, 0.5) is 5.82 Å². The van der Waals surface area contributed by atoms with E-state index >= 15 is 0 Å². The van der Waals surface area contributed by atoms with Crippen molar-refractivity contribution in [2.24, 2.45) is 5.92 Å². The highest BCUT2D eigenvalue weighted by molar-refractivity contribution is 6.35. The summed E-state index contributed by atoms with van der Waals surface area (Å²) >= 11 is 6.23. The van der Waals surface area contributed by atoms with Crippen LogP contribution in [0.2, 0.25) is 5.02 Å². The topological polar surface area (TPSA) is 56.7 Å². The zero-order valence-corrected chi connectivity index (χ0v) is 12.8. The minimum Gasteiger partial charge on any atom is -0.383 e. The van der Waals surface area contributed by atoms with Crippen molar-refractivity contribution in [1.82, 2.24) is 14.5 Å². The van der Waals surface area contributed by atoms with E-state index in [0.717, 1.165) is 28.7 Å². The molecule has 3 rings (SSSR count). The Kier molecular flexibility index (Phi) is 3.55. The lowest BCUT2D eigenvalue weighted by atomic mass is 10.1. The molecule has 0 aliphatic heterocycles. The van der Waals surface area contributed by atoms with Crippen LogP contribution in [0.15, 0.2) is 36.8 Å². The Morgan fingerprint density at radius 1 is 1.24 bits per heavy atom. The molecule has 5 heteroatoms. The molecule has 0 aliphatic carbocycles. The molecule has 108 valence electrons. The second kappa shape index (κ2) is 5.37. The number of hydrogen-bond acceptors (Lipinski definition) is 3. The molecule has 4 nitrogen and oxygen atoms in total. The Labute approximate surface area is 128 Å². The van der Waals surface area contributed by atoms with Gasteiger partial charge in [-0.2, -0.15) is 0 Å². The van der Waals surface area contributed by atoms with Crippen molar-refractivity contribution < 1.29 is 0 Å². The molecule has 0 bridgehead atoms. The molecule has 0 atom stereocenters. The van der Waals surface area contributed by atoms with Crippen LogP contribution < -0.4 is 5.73 Å². The Hall–Kier alpha value is -2.07. The largest absolute Gasteiger partial charge is 0.383 e. The number of nitrogen functional groups attached to an aromatic ring is 1. The van der Waals surface area contributed by atoms with Gasteiger partial charge in [0.05, 0.1) is 16.9 Å². The summed E-state index contributed by atoms with van der Waals surface area (Å²) in [7, 11) is 0. The van der Waals surface area contributed by atoms with E-state index in [9.17, 15) is 0 Å². The fraction of sp³-hybridized carbons (Fsp3) is 0.250. The summed E-state index contributed by atoms with van der Waals surface area (Å²) in [5.74, 6) is 1.17. The quantitative estimate of drug-likeness (QED) is 0.795. The third-order valence-electron chi connectivity index (χ3n) is 3.41. The van der Waals surface area contributed by atoms with Crippen LogP contribution in [0.5, 0.6) is 0 Å². The van der Waals surface area contributed by atoms with Crippen molar-refractivity contribution >= 4 is 28.3 Å². The number of rotatable bonds is 3. The highest BCUT2D eigenvalue weighted by Crippen LogP contribution is 2.33. The predicted molar refractivity (Wildman–Crippen MR) is 87.2 cm³/mol. The molecular weight excluding hydrogens is 284 g/mol. The molecule has 2 aromatic heterocycles. The summed E-state index contributed by atoms with van der Waals surface area (Å²) in [5, 5.41) is 1.59. The van der Waals surface area contributed by atoms with Crippen LogP contribution in [0.1, 0.15) is 13.8 Å². The van der Waals surface area contributed by atoms with E-state index < -0.39 is 0 Å². The summed E-state index contributed by atoms with van der Waals surface area (Å²) in [6.45, 7) is 5.15. The van der Waals surface area contributed by atoms with Crippen molar-refractivity contribution in [3.8, 4) is 11.3 Å². The number of anilines is 1. The van der Waals surface area contributed by atoms with Crippen LogP contribution in [0.3, 0.4) is 0 Å². The van der Waals surface area contributed by atoms with Crippen molar-refractivity contribution in [3.63, 3.8) is 0 Å². The number of fused-ring (bicyclic) bond motifs is 1. The molecule has 2 heterocycles. The van der Waals surface area contributed by atoms with Gasteiger partial charge in [-0.3, -0.25) is 4.98 Å². The van der Waals surface area contributed by atoms with Gasteiger partial charge in [-0.25, -0.2) is 4.98 Å². The molecule has 0 unspecified atom stereocenters. The average Bonchev–Trinajstić information content (AvgIpc) is 2.81. The highest BCUT2D eigenvalue weighted by atomic mass is 35.5. The number of halogens is 1. The molecular formula is C16H17ClN4. The monoisotopic (exact) mass is 300 g/mol. The number of imidazole rings is 1. The molecule has 0 saturated heterocycles. The van der Waals surface area contributed by atoms with Crippen molar-refractivity contribution in [2.75, 3.05) is 5.73 Å².